The van der Waals surface area contributed by atoms with E-state index in [0.29, 0.717) is 11.7 Å². The molecule has 1 N–H and O–H groups in total. The molecule has 2 saturated heterocycles. The van der Waals surface area contributed by atoms with Crippen LogP contribution in [0.1, 0.15) is 52.4 Å². The van der Waals surface area contributed by atoms with Crippen LogP contribution in [0.15, 0.2) is 24.3 Å². The molecule has 4 nitrogen and oxygen atoms in total. The number of thiophene rings is 1. The number of rotatable bonds is 3. The van der Waals surface area contributed by atoms with E-state index >= 15 is 0 Å². The Hall–Kier alpha value is 0.202. The Balaban J connectivity index is 0.00000150. The van der Waals surface area contributed by atoms with Crippen LogP contribution in [-0.2, 0) is 0 Å². The second kappa shape index (κ2) is 11.2. The molecule has 1 aromatic carbocycles. The van der Waals surface area contributed by atoms with E-state index in [1.807, 2.05) is 17.9 Å². The van der Waals surface area contributed by atoms with Crippen LogP contribution in [0.2, 0.25) is 0 Å². The van der Waals surface area contributed by atoms with Crippen LogP contribution in [0.4, 0.5) is 0 Å². The van der Waals surface area contributed by atoms with Crippen LogP contribution < -0.4 is 68.9 Å². The van der Waals surface area contributed by atoms with Gasteiger partial charge >= 0.3 is 68.9 Å². The number of nitrogens with zero attached hydrogens (tertiary/aromatic N) is 2. The van der Waals surface area contributed by atoms with Crippen LogP contribution in [0.25, 0.3) is 10.4 Å². The molecular weight excluding hydrogens is 501 g/mol. The Morgan fingerprint density at radius 1 is 1.10 bits per heavy atom. The van der Waals surface area contributed by atoms with Crippen molar-refractivity contribution in [1.82, 2.24) is 9.80 Å². The van der Waals surface area contributed by atoms with Gasteiger partial charge in [0.2, 0.25) is 0 Å². The Morgan fingerprint density at radius 3 is 2.38 bits per heavy atom. The summed E-state index contributed by atoms with van der Waals surface area (Å²) in [6, 6.07) is 8.14. The molecule has 0 atom stereocenters. The molecule has 6 heteroatoms. The summed E-state index contributed by atoms with van der Waals surface area (Å²) in [5.74, 6) is 0.988. The predicted molar refractivity (Wildman–Crippen MR) is 117 cm³/mol. The zero-order valence-corrected chi connectivity index (χ0v) is 25.3. The molecule has 1 amide bonds. The number of carbonyl (C=O) groups excluding carboxylic acids is 1. The molecule has 0 aliphatic carbocycles. The van der Waals surface area contributed by atoms with Crippen molar-refractivity contribution in [3.05, 3.63) is 47.7 Å². The summed E-state index contributed by atoms with van der Waals surface area (Å²) in [5, 5.41) is 10.6. The van der Waals surface area contributed by atoms with E-state index in [-0.39, 0.29) is 82.2 Å². The van der Waals surface area contributed by atoms with Gasteiger partial charge in [-0.3, -0.25) is 4.79 Å². The van der Waals surface area contributed by atoms with Crippen LogP contribution in [0, 0.1) is 14.4 Å². The van der Waals surface area contributed by atoms with Gasteiger partial charge in [-0.25, -0.2) is 0 Å². The van der Waals surface area contributed by atoms with Gasteiger partial charge in [0.1, 0.15) is 5.75 Å². The number of aromatic hydroxyl groups is 1. The third kappa shape index (κ3) is 5.72. The number of hydrogen-bond donors (Lipinski definition) is 1. The fourth-order valence-corrected chi connectivity index (χ4v) is 5.40. The van der Waals surface area contributed by atoms with Crippen molar-refractivity contribution < 1.29 is 78.8 Å². The minimum absolute atomic E-state index is 0. The van der Waals surface area contributed by atoms with Gasteiger partial charge in [-0.15, -0.1) is 11.3 Å². The van der Waals surface area contributed by atoms with Gasteiger partial charge in [0, 0.05) is 18.0 Å². The van der Waals surface area contributed by atoms with Crippen molar-refractivity contribution in [2.24, 2.45) is 0 Å². The van der Waals surface area contributed by atoms with Crippen molar-refractivity contribution in [1.29, 1.82) is 0 Å². The van der Waals surface area contributed by atoms with E-state index < -0.39 is 0 Å². The molecule has 0 radical (unpaired) electrons. The van der Waals surface area contributed by atoms with E-state index in [0.717, 1.165) is 78.3 Å². The van der Waals surface area contributed by atoms with Gasteiger partial charge in [-0.2, -0.15) is 0 Å². The molecule has 29 heavy (non-hydrogen) atoms. The Bertz CT molecular complexity index is 837. The molecule has 4 rings (SSSR count). The first-order valence-corrected chi connectivity index (χ1v) is 10.8. The monoisotopic (exact) mass is 532 g/mol. The van der Waals surface area contributed by atoms with E-state index in [1.165, 1.54) is 0 Å². The van der Waals surface area contributed by atoms with Crippen molar-refractivity contribution in [3.8, 4) is 16.2 Å². The minimum Gasteiger partial charge on any atom is -0.508 e. The number of phenols is 1. The molecule has 2 fully saturated rings. The first-order chi connectivity index (χ1) is 13.0. The summed E-state index contributed by atoms with van der Waals surface area (Å²) >= 11 is 1.55. The van der Waals surface area contributed by atoms with Crippen LogP contribution >= 0.6 is 11.3 Å². The number of hydrogen-bond acceptors (Lipinski definition) is 4. The van der Waals surface area contributed by atoms with Crippen molar-refractivity contribution >= 4 is 17.2 Å². The van der Waals surface area contributed by atoms with Gasteiger partial charge in [0.15, 0.2) is 0 Å². The maximum absolute atomic E-state index is 12.7. The molecule has 1 aromatic heterocycles. The SMILES string of the molecule is Cc1cc(-c2ccc(C3CCN(C)CC3)c(O)c2)sc1C(=O)N1CCCC1.[CH3-].[Cs+]. The van der Waals surface area contributed by atoms with Crippen LogP contribution in [-0.4, -0.2) is 54.0 Å². The summed E-state index contributed by atoms with van der Waals surface area (Å²) in [6.07, 6.45) is 4.40. The topological polar surface area (TPSA) is 43.8 Å². The molecule has 0 unspecified atom stereocenters. The van der Waals surface area contributed by atoms with E-state index in [4.69, 9.17) is 0 Å². The molecule has 0 bridgehead atoms. The first-order valence-electron chi connectivity index (χ1n) is 9.94. The average Bonchev–Trinajstić information content (AvgIpc) is 3.32. The molecule has 3 heterocycles. The van der Waals surface area contributed by atoms with Crippen molar-refractivity contribution in [3.63, 3.8) is 0 Å². The zero-order chi connectivity index (χ0) is 19.0. The fraction of sp³-hybridized carbons (Fsp3) is 0.478. The standard InChI is InChI=1S/C22H28N2O2S.CH3.Cs/c1-15-13-20(27-21(15)22(26)24-9-3-4-10-24)17-5-6-18(19(25)14-17)16-7-11-23(2)12-8-16;;/h5-6,13-14,16,25H,3-4,7-12H2,1-2H3;1H3;/q;-1;+1. The van der Waals surface area contributed by atoms with Crippen molar-refractivity contribution in [2.45, 2.75) is 38.5 Å². The molecular formula is C23H31CsN2O2S. The van der Waals surface area contributed by atoms with Gasteiger partial charge < -0.3 is 22.3 Å². The largest absolute Gasteiger partial charge is 1.00 e. The fourth-order valence-electron chi connectivity index (χ4n) is 4.26. The number of piperidine rings is 1. The maximum Gasteiger partial charge on any atom is 1.00 e. The number of carbonyl (C=O) groups is 1. The maximum atomic E-state index is 12.7. The second-order valence-corrected chi connectivity index (χ2v) is 9.03. The average molecular weight is 532 g/mol. The molecule has 152 valence electrons. The number of amides is 1. The van der Waals surface area contributed by atoms with Crippen LogP contribution in [0.3, 0.4) is 0 Å². The smallest absolute Gasteiger partial charge is 0.508 e. The number of likely N-dealkylation sites (tertiary alicyclic amines) is 2. The molecule has 2 aromatic rings. The quantitative estimate of drug-likeness (QED) is 0.615. The van der Waals surface area contributed by atoms with Crippen molar-refractivity contribution in [2.75, 3.05) is 33.2 Å². The van der Waals surface area contributed by atoms with Gasteiger partial charge in [0.25, 0.3) is 5.91 Å². The molecule has 2 aliphatic heterocycles. The minimum atomic E-state index is 0. The summed E-state index contributed by atoms with van der Waals surface area (Å²) in [6.45, 7) is 5.92. The number of aryl methyl sites for hydroxylation is 1. The summed E-state index contributed by atoms with van der Waals surface area (Å²) in [7, 11) is 2.15. The Morgan fingerprint density at radius 2 is 1.76 bits per heavy atom. The van der Waals surface area contributed by atoms with Crippen LogP contribution in [0.5, 0.6) is 5.75 Å². The predicted octanol–water partition coefficient (Wildman–Crippen LogP) is 1.93. The Kier molecular flexibility index (Phi) is 9.82. The Labute approximate surface area is 238 Å². The summed E-state index contributed by atoms with van der Waals surface area (Å²) in [4.78, 5) is 18.9. The third-order valence-corrected chi connectivity index (χ3v) is 7.25. The van der Waals surface area contributed by atoms with E-state index in [1.54, 1.807) is 11.3 Å². The zero-order valence-electron chi connectivity index (χ0n) is 18.2. The number of benzene rings is 1. The molecule has 0 spiro atoms. The molecule has 0 saturated carbocycles. The van der Waals surface area contributed by atoms with Gasteiger partial charge in [-0.05, 0) is 87.5 Å². The summed E-state index contributed by atoms with van der Waals surface area (Å²) in [5.41, 5.74) is 3.09. The van der Waals surface area contributed by atoms with E-state index in [9.17, 15) is 9.90 Å². The van der Waals surface area contributed by atoms with Gasteiger partial charge in [-0.1, -0.05) is 12.1 Å². The van der Waals surface area contributed by atoms with Gasteiger partial charge in [0.05, 0.1) is 4.88 Å². The second-order valence-electron chi connectivity index (χ2n) is 7.97. The first kappa shape index (κ1) is 25.5. The van der Waals surface area contributed by atoms with E-state index in [2.05, 4.69) is 30.1 Å². The summed E-state index contributed by atoms with van der Waals surface area (Å²) < 4.78 is 0. The number of phenolic OH excluding ortho intramolecular Hbond substituents is 1. The normalized spacial score (nSPS) is 17.7. The molecule has 2 aliphatic rings. The third-order valence-electron chi connectivity index (χ3n) is 5.98.